The van der Waals surface area contributed by atoms with Gasteiger partial charge in [0.1, 0.15) is 0 Å². The summed E-state index contributed by atoms with van der Waals surface area (Å²) >= 11 is 6.21. The highest BCUT2D eigenvalue weighted by molar-refractivity contribution is 6.31. The maximum atomic E-state index is 13.9. The summed E-state index contributed by atoms with van der Waals surface area (Å²) in [7, 11) is 0. The van der Waals surface area contributed by atoms with Crippen LogP contribution in [0.3, 0.4) is 0 Å². The summed E-state index contributed by atoms with van der Waals surface area (Å²) in [4.78, 5) is 31.1. The molecule has 0 aliphatic carbocycles. The average molecular weight is 659 g/mol. The third-order valence-electron chi connectivity index (χ3n) is 7.78. The second kappa shape index (κ2) is 12.1. The van der Waals surface area contributed by atoms with Gasteiger partial charge in [0.05, 0.1) is 47.5 Å². The van der Waals surface area contributed by atoms with E-state index in [1.165, 1.54) is 41.4 Å². The molecule has 0 fully saturated rings. The van der Waals surface area contributed by atoms with E-state index in [-0.39, 0.29) is 39.3 Å². The molecule has 3 aromatic heterocycles. The highest BCUT2D eigenvalue weighted by atomic mass is 35.5. The number of hydrogen-bond acceptors (Lipinski definition) is 6. The van der Waals surface area contributed by atoms with Gasteiger partial charge < -0.3 is 5.32 Å². The molecule has 2 aromatic carbocycles. The van der Waals surface area contributed by atoms with Gasteiger partial charge in [0.25, 0.3) is 5.56 Å². The van der Waals surface area contributed by atoms with Crippen LogP contribution in [0, 0.1) is 5.92 Å². The summed E-state index contributed by atoms with van der Waals surface area (Å²) in [5.74, 6) is -0.812. The quantitative estimate of drug-likeness (QED) is 0.213. The van der Waals surface area contributed by atoms with Crippen LogP contribution in [0.4, 0.5) is 27.6 Å². The van der Waals surface area contributed by atoms with Crippen molar-refractivity contribution in [2.45, 2.75) is 45.0 Å². The van der Waals surface area contributed by atoms with Gasteiger partial charge in [-0.3, -0.25) is 14.2 Å². The molecule has 1 aliphatic rings. The van der Waals surface area contributed by atoms with Crippen molar-refractivity contribution in [3.63, 3.8) is 0 Å². The summed E-state index contributed by atoms with van der Waals surface area (Å²) in [6, 6.07) is 11.7. The van der Waals surface area contributed by atoms with E-state index in [1.807, 2.05) is 0 Å². The molecule has 238 valence electrons. The van der Waals surface area contributed by atoms with Crippen molar-refractivity contribution in [2.24, 2.45) is 5.92 Å². The van der Waals surface area contributed by atoms with Gasteiger partial charge in [-0.2, -0.15) is 27.1 Å². The first-order valence-corrected chi connectivity index (χ1v) is 14.4. The molecule has 0 saturated heterocycles. The Hall–Kier alpha value is -4.92. The minimum atomic E-state index is -4.71. The smallest absolute Gasteiger partial charge is 0.323 e. The summed E-state index contributed by atoms with van der Waals surface area (Å²) in [6.07, 6.45) is -0.0985. The first kappa shape index (κ1) is 31.1. The first-order chi connectivity index (χ1) is 21.9. The highest BCUT2D eigenvalue weighted by Gasteiger charge is 2.35. The van der Waals surface area contributed by atoms with Gasteiger partial charge in [0.15, 0.2) is 5.69 Å². The van der Waals surface area contributed by atoms with E-state index in [1.54, 1.807) is 31.2 Å². The zero-order valence-corrected chi connectivity index (χ0v) is 24.7. The Bertz CT molecular complexity index is 1990. The van der Waals surface area contributed by atoms with Gasteiger partial charge in [0, 0.05) is 28.1 Å². The van der Waals surface area contributed by atoms with Crippen molar-refractivity contribution >= 4 is 23.2 Å². The summed E-state index contributed by atoms with van der Waals surface area (Å²) < 4.78 is 70.3. The number of anilines is 1. The predicted molar refractivity (Wildman–Crippen MR) is 158 cm³/mol. The first-order valence-electron chi connectivity index (χ1n) is 14.1. The molecule has 0 spiro atoms. The highest BCUT2D eigenvalue weighted by Crippen LogP contribution is 2.36. The number of nitrogens with zero attached hydrogens (tertiary/aromatic N) is 7. The Morgan fingerprint density at radius 3 is 2.59 bits per heavy atom. The van der Waals surface area contributed by atoms with Crippen molar-refractivity contribution in [1.82, 2.24) is 34.3 Å². The molecular weight excluding hydrogens is 635 g/mol. The van der Waals surface area contributed by atoms with Gasteiger partial charge in [-0.25, -0.2) is 14.3 Å². The summed E-state index contributed by atoms with van der Waals surface area (Å²) in [5, 5.41) is 13.6. The Morgan fingerprint density at radius 1 is 1.07 bits per heavy atom. The number of hydrogen-bond donors (Lipinski definition) is 1. The molecule has 0 radical (unpaired) electrons. The zero-order valence-electron chi connectivity index (χ0n) is 23.9. The minimum absolute atomic E-state index is 0.0211. The van der Waals surface area contributed by atoms with Crippen LogP contribution in [0.2, 0.25) is 5.02 Å². The van der Waals surface area contributed by atoms with Crippen LogP contribution in [0.5, 0.6) is 0 Å². The largest absolute Gasteiger partial charge is 0.436 e. The van der Waals surface area contributed by atoms with Crippen molar-refractivity contribution < 1.29 is 26.7 Å². The Balaban J connectivity index is 1.43. The van der Waals surface area contributed by atoms with Crippen LogP contribution < -0.4 is 10.9 Å². The second-order valence-corrected chi connectivity index (χ2v) is 11.3. The third kappa shape index (κ3) is 6.01. The summed E-state index contributed by atoms with van der Waals surface area (Å²) in [5.41, 5.74) is -0.00856. The molecule has 4 heterocycles. The minimum Gasteiger partial charge on any atom is -0.323 e. The molecule has 2 bridgehead atoms. The van der Waals surface area contributed by atoms with E-state index < -0.39 is 35.9 Å². The lowest BCUT2D eigenvalue weighted by Gasteiger charge is -2.23. The number of carbonyl (C=O) groups excluding carboxylic acids is 1. The number of halogens is 6. The van der Waals surface area contributed by atoms with Crippen LogP contribution in [0.1, 0.15) is 50.0 Å². The van der Waals surface area contributed by atoms with E-state index in [9.17, 15) is 31.5 Å². The lowest BCUT2D eigenvalue weighted by Crippen LogP contribution is -2.26. The molecule has 0 unspecified atom stereocenters. The van der Waals surface area contributed by atoms with Crippen molar-refractivity contribution in [3.05, 3.63) is 93.9 Å². The maximum Gasteiger partial charge on any atom is 0.436 e. The molecule has 5 aromatic rings. The number of aromatic nitrogens is 7. The van der Waals surface area contributed by atoms with Gasteiger partial charge in [-0.15, -0.1) is 5.10 Å². The van der Waals surface area contributed by atoms with E-state index in [0.717, 1.165) is 10.9 Å². The van der Waals surface area contributed by atoms with E-state index in [0.29, 0.717) is 35.1 Å². The van der Waals surface area contributed by atoms with Gasteiger partial charge >= 0.3 is 12.7 Å². The lowest BCUT2D eigenvalue weighted by atomic mass is 9.94. The topological polar surface area (TPSA) is 113 Å². The fourth-order valence-corrected chi connectivity index (χ4v) is 5.64. The number of carbonyl (C=O) groups is 1. The zero-order chi connectivity index (χ0) is 32.7. The van der Waals surface area contributed by atoms with E-state index in [4.69, 9.17) is 11.6 Å². The molecule has 1 amide bonds. The second-order valence-electron chi connectivity index (χ2n) is 10.8. The molecule has 1 aliphatic heterocycles. The number of fused-ring (bicyclic) bond motifs is 4. The van der Waals surface area contributed by atoms with E-state index in [2.05, 4.69) is 25.7 Å². The maximum absolute atomic E-state index is 13.9. The number of benzene rings is 2. The van der Waals surface area contributed by atoms with Crippen molar-refractivity contribution in [2.75, 3.05) is 5.32 Å². The molecular formula is C30H24ClF5N8O2. The number of rotatable bonds is 4. The normalized spacial score (nSPS) is 17.3. The Labute approximate surface area is 262 Å². The van der Waals surface area contributed by atoms with Crippen molar-refractivity contribution in [1.29, 1.82) is 0 Å². The van der Waals surface area contributed by atoms with E-state index >= 15 is 0 Å². The van der Waals surface area contributed by atoms with Gasteiger partial charge in [-0.1, -0.05) is 48.4 Å². The molecule has 16 heteroatoms. The fraction of sp³-hybridized carbons (Fsp3) is 0.267. The molecule has 2 atom stereocenters. The number of nitrogens with one attached hydrogen (secondary N) is 1. The molecule has 46 heavy (non-hydrogen) atoms. The fourth-order valence-electron chi connectivity index (χ4n) is 5.47. The van der Waals surface area contributed by atoms with Gasteiger partial charge in [-0.05, 0) is 42.7 Å². The van der Waals surface area contributed by atoms with Crippen molar-refractivity contribution in [3.8, 4) is 28.2 Å². The van der Waals surface area contributed by atoms with Crippen LogP contribution in [0.15, 0.2) is 72.0 Å². The number of amides is 1. The predicted octanol–water partition coefficient (Wildman–Crippen LogP) is 6.77. The lowest BCUT2D eigenvalue weighted by molar-refractivity contribution is -0.141. The molecule has 10 nitrogen and oxygen atoms in total. The molecule has 0 saturated carbocycles. The van der Waals surface area contributed by atoms with Crippen LogP contribution >= 0.6 is 11.6 Å². The number of alkyl halides is 5. The standard InChI is InChI=1S/C30H24ClF5N8O2/c1-16-4-2-7-23(17-5-3-6-18(10-17)27-22(39-28(16)46)13-38-44(27)29(32)33)42-15-37-21(12-26(42)45)20-11-19(31)8-9-24(20)43-14-25(40-41-43)30(34,35)36/h3,5-6,8-16,23,29H,2,4,7H2,1H3,(H,39,46)/t16-,23+/m1/s1. The Kier molecular flexibility index (Phi) is 8.19. The molecule has 6 rings (SSSR count). The Morgan fingerprint density at radius 2 is 1.87 bits per heavy atom. The SMILES string of the molecule is C[C@@H]1CCC[C@H](n2cnc(-c3cc(Cl)ccc3-n3cc(C(F)(F)F)nn3)cc2=O)c2cccc(c2)-c2c(cnn2C(F)F)NC1=O. The average Bonchev–Trinajstić information content (AvgIpc) is 3.67. The summed E-state index contributed by atoms with van der Waals surface area (Å²) in [6.45, 7) is -1.25. The van der Waals surface area contributed by atoms with Crippen LogP contribution in [0.25, 0.3) is 28.2 Å². The monoisotopic (exact) mass is 658 g/mol. The van der Waals surface area contributed by atoms with Crippen LogP contribution in [-0.2, 0) is 11.0 Å². The third-order valence-corrected chi connectivity index (χ3v) is 8.02. The van der Waals surface area contributed by atoms with Gasteiger partial charge in [0.2, 0.25) is 5.91 Å². The molecule has 1 N–H and O–H groups in total. The van der Waals surface area contributed by atoms with Crippen LogP contribution in [-0.4, -0.2) is 40.2 Å².